The fourth-order valence-corrected chi connectivity index (χ4v) is 2.27. The van der Waals surface area contributed by atoms with Gasteiger partial charge < -0.3 is 14.2 Å². The highest BCUT2D eigenvalue weighted by Crippen LogP contribution is 2.17. The van der Waals surface area contributed by atoms with Gasteiger partial charge in [0.2, 0.25) is 12.2 Å². The van der Waals surface area contributed by atoms with Gasteiger partial charge in [-0.15, -0.1) is 0 Å². The molecule has 0 bridgehead atoms. The minimum absolute atomic E-state index is 0.137. The quantitative estimate of drug-likeness (QED) is 0.771. The van der Waals surface area contributed by atoms with Crippen LogP contribution in [-0.4, -0.2) is 45.6 Å². The van der Waals surface area contributed by atoms with Crippen LogP contribution in [0.15, 0.2) is 29.0 Å². The number of rotatable bonds is 5. The lowest BCUT2D eigenvalue weighted by Gasteiger charge is -2.28. The van der Waals surface area contributed by atoms with Crippen molar-refractivity contribution in [1.29, 1.82) is 0 Å². The molecule has 1 saturated heterocycles. The second-order valence-electron chi connectivity index (χ2n) is 4.90. The second kappa shape index (κ2) is 6.45. The zero-order valence-corrected chi connectivity index (χ0v) is 11.5. The lowest BCUT2D eigenvalue weighted by molar-refractivity contribution is -0.120. The third-order valence-electron chi connectivity index (χ3n) is 3.47. The molecule has 7 nitrogen and oxygen atoms in total. The van der Waals surface area contributed by atoms with E-state index in [1.54, 1.807) is 17.3 Å². The Morgan fingerprint density at radius 3 is 2.81 bits per heavy atom. The molecule has 0 N–H and O–H groups in total. The predicted octanol–water partition coefficient (Wildman–Crippen LogP) is 1.27. The predicted molar refractivity (Wildman–Crippen MR) is 73.0 cm³/mol. The summed E-state index contributed by atoms with van der Waals surface area (Å²) >= 11 is 0. The number of carbonyl (C=O) groups is 1. The first-order valence-electron chi connectivity index (χ1n) is 6.89. The molecule has 0 aliphatic carbocycles. The molecule has 2 aromatic heterocycles. The van der Waals surface area contributed by atoms with E-state index in [4.69, 9.17) is 9.26 Å². The molecule has 1 aliphatic rings. The summed E-state index contributed by atoms with van der Waals surface area (Å²) in [5, 5.41) is 3.93. The first-order valence-corrected chi connectivity index (χ1v) is 6.89. The summed E-state index contributed by atoms with van der Waals surface area (Å²) in [6.45, 7) is 1.77. The zero-order valence-electron chi connectivity index (χ0n) is 11.5. The molecule has 0 saturated carbocycles. The number of amides is 1. The monoisotopic (exact) mass is 288 g/mol. The summed E-state index contributed by atoms with van der Waals surface area (Å²) in [6, 6.07) is 3.65. The maximum Gasteiger partial charge on any atom is 0.252 e. The molecule has 110 valence electrons. The number of carbonyl (C=O) groups excluding carboxylic acids is 1. The van der Waals surface area contributed by atoms with Crippen LogP contribution in [0.2, 0.25) is 0 Å². The van der Waals surface area contributed by atoms with Crippen molar-refractivity contribution in [3.05, 3.63) is 30.4 Å². The first kappa shape index (κ1) is 13.7. The van der Waals surface area contributed by atoms with Crippen LogP contribution in [0.5, 0.6) is 0 Å². The number of ether oxygens (including phenoxy) is 1. The minimum Gasteiger partial charge on any atom is -0.368 e. The van der Waals surface area contributed by atoms with Crippen LogP contribution in [0.1, 0.15) is 18.7 Å². The Kier molecular flexibility index (Phi) is 4.20. The summed E-state index contributed by atoms with van der Waals surface area (Å²) < 4.78 is 10.9. The van der Waals surface area contributed by atoms with Crippen molar-refractivity contribution in [3.8, 4) is 11.4 Å². The van der Waals surface area contributed by atoms with E-state index in [0.717, 1.165) is 37.9 Å². The molecule has 0 spiro atoms. The van der Waals surface area contributed by atoms with E-state index in [9.17, 15) is 4.79 Å². The van der Waals surface area contributed by atoms with Crippen LogP contribution in [0.25, 0.3) is 11.4 Å². The molecule has 1 amide bonds. The van der Waals surface area contributed by atoms with Crippen molar-refractivity contribution in [1.82, 2.24) is 20.0 Å². The molecule has 7 heteroatoms. The van der Waals surface area contributed by atoms with E-state index in [1.807, 2.05) is 12.1 Å². The van der Waals surface area contributed by atoms with Gasteiger partial charge in [-0.3, -0.25) is 9.78 Å². The Labute approximate surface area is 121 Å². The molecule has 3 rings (SSSR count). The van der Waals surface area contributed by atoms with Crippen molar-refractivity contribution >= 4 is 6.41 Å². The summed E-state index contributed by atoms with van der Waals surface area (Å²) in [5.41, 5.74) is 0.860. The Morgan fingerprint density at radius 1 is 1.33 bits per heavy atom. The summed E-state index contributed by atoms with van der Waals surface area (Å²) in [4.78, 5) is 20.6. The molecule has 0 aromatic carbocycles. The molecular weight excluding hydrogens is 272 g/mol. The largest absolute Gasteiger partial charge is 0.368 e. The van der Waals surface area contributed by atoms with E-state index in [-0.39, 0.29) is 6.10 Å². The van der Waals surface area contributed by atoms with E-state index < -0.39 is 0 Å². The van der Waals surface area contributed by atoms with Gasteiger partial charge in [0.25, 0.3) is 5.89 Å². The Morgan fingerprint density at radius 2 is 2.10 bits per heavy atom. The Bertz CT molecular complexity index is 579. The van der Waals surface area contributed by atoms with Crippen LogP contribution in [0, 0.1) is 0 Å². The van der Waals surface area contributed by atoms with Crippen molar-refractivity contribution in [2.24, 2.45) is 0 Å². The highest BCUT2D eigenvalue weighted by molar-refractivity contribution is 5.52. The van der Waals surface area contributed by atoms with Gasteiger partial charge in [-0.05, 0) is 25.0 Å². The maximum atomic E-state index is 10.6. The highest BCUT2D eigenvalue weighted by atomic mass is 16.5. The smallest absolute Gasteiger partial charge is 0.252 e. The van der Waals surface area contributed by atoms with Gasteiger partial charge in [0.15, 0.2) is 0 Å². The van der Waals surface area contributed by atoms with Crippen molar-refractivity contribution in [2.75, 3.05) is 13.1 Å². The number of nitrogens with zero attached hydrogens (tertiary/aromatic N) is 4. The number of aromatic nitrogens is 3. The molecule has 3 heterocycles. The minimum atomic E-state index is 0.137. The average molecular weight is 288 g/mol. The highest BCUT2D eigenvalue weighted by Gasteiger charge is 2.19. The molecule has 1 fully saturated rings. The van der Waals surface area contributed by atoms with Crippen molar-refractivity contribution in [3.63, 3.8) is 0 Å². The fraction of sp³-hybridized carbons (Fsp3) is 0.429. The van der Waals surface area contributed by atoms with Gasteiger partial charge in [0.1, 0.15) is 6.61 Å². The van der Waals surface area contributed by atoms with E-state index in [2.05, 4.69) is 15.1 Å². The lowest BCUT2D eigenvalue weighted by atomic mass is 10.1. The lowest BCUT2D eigenvalue weighted by Crippen LogP contribution is -2.35. The van der Waals surface area contributed by atoms with E-state index in [1.165, 1.54) is 0 Å². The molecule has 0 radical (unpaired) electrons. The van der Waals surface area contributed by atoms with Crippen LogP contribution < -0.4 is 0 Å². The van der Waals surface area contributed by atoms with Gasteiger partial charge >= 0.3 is 0 Å². The average Bonchev–Trinajstić information content (AvgIpc) is 3.03. The van der Waals surface area contributed by atoms with Gasteiger partial charge in [0.05, 0.1) is 6.10 Å². The number of hydrogen-bond donors (Lipinski definition) is 0. The topological polar surface area (TPSA) is 81.4 Å². The normalized spacial score (nSPS) is 16.1. The Hall–Kier alpha value is -2.28. The molecule has 2 aromatic rings. The van der Waals surface area contributed by atoms with Gasteiger partial charge in [-0.25, -0.2) is 0 Å². The first-order chi connectivity index (χ1) is 10.3. The summed E-state index contributed by atoms with van der Waals surface area (Å²) in [5.74, 6) is 0.992. The molecule has 0 atom stereocenters. The van der Waals surface area contributed by atoms with Gasteiger partial charge in [-0.1, -0.05) is 5.16 Å². The molecule has 1 aliphatic heterocycles. The fourth-order valence-electron chi connectivity index (χ4n) is 2.27. The molecule has 21 heavy (non-hydrogen) atoms. The van der Waals surface area contributed by atoms with Crippen molar-refractivity contribution in [2.45, 2.75) is 25.6 Å². The standard InChI is InChI=1S/C14H16N4O3/c19-10-18-7-3-12(4-8-18)20-9-13-16-14(17-21-13)11-1-5-15-6-2-11/h1-2,5-6,10,12H,3-4,7-9H2. The van der Waals surface area contributed by atoms with Crippen LogP contribution >= 0.6 is 0 Å². The number of hydrogen-bond acceptors (Lipinski definition) is 6. The van der Waals surface area contributed by atoms with Crippen LogP contribution in [0.3, 0.4) is 0 Å². The van der Waals surface area contributed by atoms with E-state index in [0.29, 0.717) is 18.3 Å². The third-order valence-corrected chi connectivity index (χ3v) is 3.47. The van der Waals surface area contributed by atoms with E-state index >= 15 is 0 Å². The number of piperidine rings is 1. The zero-order chi connectivity index (χ0) is 14.5. The van der Waals surface area contributed by atoms with Crippen LogP contribution in [0.4, 0.5) is 0 Å². The van der Waals surface area contributed by atoms with Crippen LogP contribution in [-0.2, 0) is 16.1 Å². The number of pyridine rings is 1. The van der Waals surface area contributed by atoms with Crippen molar-refractivity contribution < 1.29 is 14.1 Å². The number of likely N-dealkylation sites (tertiary alicyclic amines) is 1. The second-order valence-corrected chi connectivity index (χ2v) is 4.90. The molecular formula is C14H16N4O3. The van der Waals surface area contributed by atoms with Gasteiger partial charge in [0, 0.05) is 31.0 Å². The third kappa shape index (κ3) is 3.43. The Balaban J connectivity index is 1.53. The SMILES string of the molecule is O=CN1CCC(OCc2nc(-c3ccncc3)no2)CC1. The van der Waals surface area contributed by atoms with Gasteiger partial charge in [-0.2, -0.15) is 4.98 Å². The summed E-state index contributed by atoms with van der Waals surface area (Å²) in [6.07, 6.45) is 6.06. The summed E-state index contributed by atoms with van der Waals surface area (Å²) in [7, 11) is 0. The maximum absolute atomic E-state index is 10.6. The molecule has 0 unspecified atom stereocenters.